The van der Waals surface area contributed by atoms with Gasteiger partial charge in [0.15, 0.2) is 5.78 Å². The van der Waals surface area contributed by atoms with Gasteiger partial charge in [-0.2, -0.15) is 0 Å². The van der Waals surface area contributed by atoms with Gasteiger partial charge in [0, 0.05) is 46.2 Å². The Balaban J connectivity index is 1.38. The second-order valence-electron chi connectivity index (χ2n) is 10.1. The molecule has 2 heterocycles. The molecule has 3 aromatic rings. The first kappa shape index (κ1) is 21.5. The standard InChI is InChI=1S/C27H32N2O2/c1-26(2)15-20(16-27(3,4)29-26)14-24(30)21-10-8-19(9-11-21)18-31-25-7-5-6-22-17-28-13-12-23(22)25/h5-13,17,20,29H,14-16,18H2,1-4H3. The molecule has 0 spiro atoms. The Morgan fingerprint density at radius 3 is 2.45 bits per heavy atom. The number of hydrogen-bond donors (Lipinski definition) is 1. The van der Waals surface area contributed by atoms with Crippen LogP contribution >= 0.6 is 0 Å². The number of fused-ring (bicyclic) bond motifs is 1. The number of Topliss-reactive ketones (excluding diaryl/α,β-unsaturated/α-hetero) is 1. The first-order valence-corrected chi connectivity index (χ1v) is 11.1. The lowest BCUT2D eigenvalue weighted by molar-refractivity contribution is 0.0864. The van der Waals surface area contributed by atoms with Gasteiger partial charge in [-0.15, -0.1) is 0 Å². The summed E-state index contributed by atoms with van der Waals surface area (Å²) in [5.41, 5.74) is 1.96. The Morgan fingerprint density at radius 2 is 1.74 bits per heavy atom. The zero-order chi connectivity index (χ0) is 22.1. The molecule has 1 saturated heterocycles. The minimum atomic E-state index is 0.0611. The predicted octanol–water partition coefficient (Wildman–Crippen LogP) is 5.94. The Bertz CT molecular complexity index is 1050. The van der Waals surface area contributed by atoms with Crippen LogP contribution in [-0.4, -0.2) is 21.8 Å². The third-order valence-electron chi connectivity index (χ3n) is 6.06. The number of carbonyl (C=O) groups excluding carboxylic acids is 1. The summed E-state index contributed by atoms with van der Waals surface area (Å²) in [6, 6.07) is 15.8. The molecule has 1 aliphatic heterocycles. The SMILES string of the molecule is CC1(C)CC(CC(=O)c2ccc(COc3cccc4cnccc34)cc2)CC(C)(C)N1. The van der Waals surface area contributed by atoms with Crippen LogP contribution in [0.5, 0.6) is 5.75 Å². The van der Waals surface area contributed by atoms with Crippen LogP contribution < -0.4 is 10.1 Å². The van der Waals surface area contributed by atoms with Crippen molar-refractivity contribution >= 4 is 16.6 Å². The van der Waals surface area contributed by atoms with E-state index in [9.17, 15) is 4.79 Å². The van der Waals surface area contributed by atoms with Crippen LogP contribution in [0.1, 0.15) is 62.9 Å². The first-order valence-electron chi connectivity index (χ1n) is 11.1. The zero-order valence-electron chi connectivity index (χ0n) is 18.9. The van der Waals surface area contributed by atoms with E-state index >= 15 is 0 Å². The van der Waals surface area contributed by atoms with Gasteiger partial charge >= 0.3 is 0 Å². The molecule has 0 unspecified atom stereocenters. The summed E-state index contributed by atoms with van der Waals surface area (Å²) in [7, 11) is 0. The Labute approximate surface area is 185 Å². The Hall–Kier alpha value is -2.72. The van der Waals surface area contributed by atoms with Crippen molar-refractivity contribution in [3.05, 3.63) is 72.1 Å². The summed E-state index contributed by atoms with van der Waals surface area (Å²) in [5.74, 6) is 1.48. The maximum atomic E-state index is 12.9. The molecule has 31 heavy (non-hydrogen) atoms. The molecule has 0 bridgehead atoms. The molecular weight excluding hydrogens is 384 g/mol. The van der Waals surface area contributed by atoms with E-state index in [4.69, 9.17) is 4.74 Å². The normalized spacial score (nSPS) is 18.1. The fraction of sp³-hybridized carbons (Fsp3) is 0.407. The van der Waals surface area contributed by atoms with Crippen molar-refractivity contribution in [2.45, 2.75) is 64.6 Å². The first-order chi connectivity index (χ1) is 14.7. The molecule has 0 atom stereocenters. The highest BCUT2D eigenvalue weighted by Crippen LogP contribution is 2.35. The summed E-state index contributed by atoms with van der Waals surface area (Å²) < 4.78 is 6.05. The van der Waals surface area contributed by atoms with Crippen LogP contribution in [0.4, 0.5) is 0 Å². The molecule has 1 N–H and O–H groups in total. The Morgan fingerprint density at radius 1 is 1.03 bits per heavy atom. The van der Waals surface area contributed by atoms with Crippen LogP contribution in [0.15, 0.2) is 60.9 Å². The van der Waals surface area contributed by atoms with Crippen LogP contribution in [0.25, 0.3) is 10.8 Å². The third-order valence-corrected chi connectivity index (χ3v) is 6.06. The van der Waals surface area contributed by atoms with Crippen molar-refractivity contribution in [3.63, 3.8) is 0 Å². The number of carbonyl (C=O) groups is 1. The van der Waals surface area contributed by atoms with Crippen LogP contribution in [-0.2, 0) is 6.61 Å². The van der Waals surface area contributed by atoms with Gasteiger partial charge < -0.3 is 10.1 Å². The maximum absolute atomic E-state index is 12.9. The van der Waals surface area contributed by atoms with E-state index in [0.29, 0.717) is 18.9 Å². The molecule has 162 valence electrons. The van der Waals surface area contributed by atoms with E-state index in [0.717, 1.165) is 40.5 Å². The van der Waals surface area contributed by atoms with Crippen molar-refractivity contribution in [1.29, 1.82) is 0 Å². The van der Waals surface area contributed by atoms with Crippen LogP contribution in [0, 0.1) is 5.92 Å². The van der Waals surface area contributed by atoms with Crippen molar-refractivity contribution in [2.75, 3.05) is 0 Å². The number of hydrogen-bond acceptors (Lipinski definition) is 4. The summed E-state index contributed by atoms with van der Waals surface area (Å²) in [6.07, 6.45) is 6.27. The molecule has 0 saturated carbocycles. The molecular formula is C27H32N2O2. The molecule has 0 amide bonds. The fourth-order valence-corrected chi connectivity index (χ4v) is 5.22. The average molecular weight is 417 g/mol. The highest BCUT2D eigenvalue weighted by molar-refractivity contribution is 5.96. The number of aromatic nitrogens is 1. The number of nitrogens with one attached hydrogen (secondary N) is 1. The number of rotatable bonds is 6. The molecule has 1 aromatic heterocycles. The topological polar surface area (TPSA) is 51.2 Å². The molecule has 4 rings (SSSR count). The van der Waals surface area contributed by atoms with Gasteiger partial charge in [-0.25, -0.2) is 0 Å². The van der Waals surface area contributed by atoms with Gasteiger partial charge in [0.1, 0.15) is 12.4 Å². The fourth-order valence-electron chi connectivity index (χ4n) is 5.22. The third kappa shape index (κ3) is 5.31. The van der Waals surface area contributed by atoms with Crippen LogP contribution in [0.2, 0.25) is 0 Å². The minimum absolute atomic E-state index is 0.0611. The van der Waals surface area contributed by atoms with E-state index in [1.807, 2.05) is 54.7 Å². The quantitative estimate of drug-likeness (QED) is 0.505. The van der Waals surface area contributed by atoms with E-state index in [2.05, 4.69) is 38.0 Å². The average Bonchev–Trinajstić information content (AvgIpc) is 2.70. The summed E-state index contributed by atoms with van der Waals surface area (Å²) >= 11 is 0. The predicted molar refractivity (Wildman–Crippen MR) is 125 cm³/mol. The highest BCUT2D eigenvalue weighted by atomic mass is 16.5. The van der Waals surface area contributed by atoms with E-state index in [1.54, 1.807) is 6.20 Å². The van der Waals surface area contributed by atoms with Gasteiger partial charge in [-0.05, 0) is 64.2 Å². The number of piperidine rings is 1. The molecule has 0 aliphatic carbocycles. The number of nitrogens with zero attached hydrogens (tertiary/aromatic N) is 1. The van der Waals surface area contributed by atoms with E-state index in [-0.39, 0.29) is 16.9 Å². The summed E-state index contributed by atoms with van der Waals surface area (Å²) in [5, 5.41) is 5.81. The van der Waals surface area contributed by atoms with Gasteiger partial charge in [0.2, 0.25) is 0 Å². The number of benzene rings is 2. The largest absolute Gasteiger partial charge is 0.488 e. The molecule has 1 fully saturated rings. The number of ether oxygens (including phenoxy) is 1. The van der Waals surface area contributed by atoms with Crippen molar-refractivity contribution in [2.24, 2.45) is 5.92 Å². The molecule has 0 radical (unpaired) electrons. The van der Waals surface area contributed by atoms with Gasteiger partial charge in [-0.1, -0.05) is 36.4 Å². The van der Waals surface area contributed by atoms with Crippen molar-refractivity contribution < 1.29 is 9.53 Å². The van der Waals surface area contributed by atoms with E-state index in [1.165, 1.54) is 0 Å². The van der Waals surface area contributed by atoms with E-state index < -0.39 is 0 Å². The second kappa shape index (κ2) is 8.43. The minimum Gasteiger partial charge on any atom is -0.488 e. The van der Waals surface area contributed by atoms with Gasteiger partial charge in [0.05, 0.1) is 0 Å². The zero-order valence-corrected chi connectivity index (χ0v) is 18.9. The second-order valence-corrected chi connectivity index (χ2v) is 10.1. The van der Waals surface area contributed by atoms with Gasteiger partial charge in [0.25, 0.3) is 0 Å². The molecule has 2 aromatic carbocycles. The summed E-state index contributed by atoms with van der Waals surface area (Å²) in [6.45, 7) is 9.38. The number of pyridine rings is 1. The maximum Gasteiger partial charge on any atom is 0.163 e. The molecule has 4 heteroatoms. The number of ketones is 1. The molecule has 1 aliphatic rings. The Kier molecular flexibility index (Phi) is 5.85. The van der Waals surface area contributed by atoms with Crippen molar-refractivity contribution in [1.82, 2.24) is 10.3 Å². The lowest BCUT2D eigenvalue weighted by atomic mass is 9.74. The van der Waals surface area contributed by atoms with Gasteiger partial charge in [-0.3, -0.25) is 9.78 Å². The lowest BCUT2D eigenvalue weighted by Gasteiger charge is -2.46. The monoisotopic (exact) mass is 416 g/mol. The van der Waals surface area contributed by atoms with Crippen molar-refractivity contribution in [3.8, 4) is 5.75 Å². The smallest absolute Gasteiger partial charge is 0.163 e. The summed E-state index contributed by atoms with van der Waals surface area (Å²) in [4.78, 5) is 17.1. The van der Waals surface area contributed by atoms with Crippen LogP contribution in [0.3, 0.4) is 0 Å². The lowest BCUT2D eigenvalue weighted by Crippen LogP contribution is -2.57. The highest BCUT2D eigenvalue weighted by Gasteiger charge is 2.38. The molecule has 4 nitrogen and oxygen atoms in total.